The predicted molar refractivity (Wildman–Crippen MR) is 86.0 cm³/mol. The molecule has 1 aliphatic carbocycles. The Hall–Kier alpha value is -2.34. The van der Waals surface area contributed by atoms with E-state index in [1.807, 2.05) is 11.0 Å². The lowest BCUT2D eigenvalue weighted by atomic mass is 10.0. The zero-order chi connectivity index (χ0) is 16.8. The number of nitrogens with zero attached hydrogens (tertiary/aromatic N) is 2. The maximum absolute atomic E-state index is 12.5. The summed E-state index contributed by atoms with van der Waals surface area (Å²) in [5, 5.41) is 12.8. The van der Waals surface area contributed by atoms with Crippen molar-refractivity contribution < 1.29 is 19.2 Å². The first-order valence-electron chi connectivity index (χ1n) is 7.85. The highest BCUT2D eigenvalue weighted by molar-refractivity contribution is 6.34. The number of halogens is 1. The van der Waals surface area contributed by atoms with Crippen LogP contribution in [0.4, 0.5) is 0 Å². The number of aromatic carboxylic acids is 1. The van der Waals surface area contributed by atoms with Crippen molar-refractivity contribution >= 4 is 23.5 Å². The molecule has 1 saturated carbocycles. The number of carbonyl (C=O) groups excluding carboxylic acids is 1. The molecule has 0 spiro atoms. The molecule has 1 amide bonds. The molecule has 24 heavy (non-hydrogen) atoms. The van der Waals surface area contributed by atoms with Crippen LogP contribution in [0, 0.1) is 5.92 Å². The number of carboxylic acid groups (broad SMARTS) is 1. The Balaban J connectivity index is 1.62. The molecule has 1 aromatic carbocycles. The van der Waals surface area contributed by atoms with Crippen molar-refractivity contribution in [2.75, 3.05) is 6.54 Å². The van der Waals surface area contributed by atoms with Crippen molar-refractivity contribution in [3.8, 4) is 11.3 Å². The third kappa shape index (κ3) is 2.67. The molecular weight excluding hydrogens is 332 g/mol. The van der Waals surface area contributed by atoms with Crippen LogP contribution in [-0.2, 0) is 6.54 Å². The average Bonchev–Trinajstić information content (AvgIpc) is 3.12. The van der Waals surface area contributed by atoms with Gasteiger partial charge in [-0.3, -0.25) is 4.79 Å². The molecule has 6 nitrogen and oxygen atoms in total. The lowest BCUT2D eigenvalue weighted by Gasteiger charge is -2.14. The molecular formula is C17H15ClN2O4. The molecule has 0 radical (unpaired) electrons. The van der Waals surface area contributed by atoms with E-state index in [1.54, 1.807) is 6.07 Å². The highest BCUT2D eigenvalue weighted by Gasteiger charge is 2.32. The molecule has 124 valence electrons. The lowest BCUT2D eigenvalue weighted by molar-refractivity contribution is 0.0685. The van der Waals surface area contributed by atoms with Gasteiger partial charge in [0, 0.05) is 24.7 Å². The fourth-order valence-corrected chi connectivity index (χ4v) is 3.36. The van der Waals surface area contributed by atoms with Crippen molar-refractivity contribution in [1.82, 2.24) is 10.1 Å². The zero-order valence-electron chi connectivity index (χ0n) is 12.8. The largest absolute Gasteiger partial charge is 0.476 e. The first kappa shape index (κ1) is 15.2. The van der Waals surface area contributed by atoms with Crippen LogP contribution in [-0.4, -0.2) is 33.6 Å². The van der Waals surface area contributed by atoms with Crippen LogP contribution in [0.3, 0.4) is 0 Å². The van der Waals surface area contributed by atoms with Gasteiger partial charge < -0.3 is 14.5 Å². The van der Waals surface area contributed by atoms with Crippen LogP contribution in [0.25, 0.3) is 11.3 Å². The second-order valence-electron chi connectivity index (χ2n) is 6.33. The summed E-state index contributed by atoms with van der Waals surface area (Å²) in [7, 11) is 0. The molecule has 0 saturated heterocycles. The summed E-state index contributed by atoms with van der Waals surface area (Å²) in [5.41, 5.74) is 1.83. The van der Waals surface area contributed by atoms with E-state index in [0.717, 1.165) is 24.4 Å². The van der Waals surface area contributed by atoms with Gasteiger partial charge in [0.1, 0.15) is 0 Å². The molecule has 4 rings (SSSR count). The molecule has 0 unspecified atom stereocenters. The Kier molecular flexibility index (Phi) is 3.57. The minimum atomic E-state index is -1.15. The number of hydrogen-bond acceptors (Lipinski definition) is 4. The summed E-state index contributed by atoms with van der Waals surface area (Å²) in [6.45, 7) is 1.27. The monoisotopic (exact) mass is 346 g/mol. The second-order valence-corrected chi connectivity index (χ2v) is 6.74. The van der Waals surface area contributed by atoms with Crippen molar-refractivity contribution in [3.63, 3.8) is 0 Å². The van der Waals surface area contributed by atoms with Gasteiger partial charge in [0.2, 0.25) is 0 Å². The molecule has 1 N–H and O–H groups in total. The summed E-state index contributed by atoms with van der Waals surface area (Å²) in [5.74, 6) is -0.109. The minimum absolute atomic E-state index is 0.0361. The van der Waals surface area contributed by atoms with Crippen molar-refractivity contribution in [1.29, 1.82) is 0 Å². The Bertz CT molecular complexity index is 841. The molecule has 0 bridgehead atoms. The molecule has 7 heteroatoms. The third-order valence-electron chi connectivity index (χ3n) is 4.55. The summed E-state index contributed by atoms with van der Waals surface area (Å²) in [6, 6.07) is 4.79. The van der Waals surface area contributed by atoms with E-state index < -0.39 is 5.97 Å². The number of aromatic nitrogens is 1. The summed E-state index contributed by atoms with van der Waals surface area (Å²) in [6.07, 6.45) is 3.56. The number of hydrogen-bond donors (Lipinski definition) is 1. The molecule has 2 heterocycles. The summed E-state index contributed by atoms with van der Waals surface area (Å²) >= 11 is 6.30. The molecule has 1 aliphatic heterocycles. The van der Waals surface area contributed by atoms with Gasteiger partial charge in [-0.25, -0.2) is 4.79 Å². The highest BCUT2D eigenvalue weighted by Crippen LogP contribution is 2.37. The normalized spacial score (nSPS) is 16.5. The van der Waals surface area contributed by atoms with Crippen molar-refractivity contribution in [3.05, 3.63) is 40.0 Å². The van der Waals surface area contributed by atoms with Crippen LogP contribution >= 0.6 is 11.6 Å². The highest BCUT2D eigenvalue weighted by atomic mass is 35.5. The molecule has 1 aromatic heterocycles. The smallest absolute Gasteiger partial charge is 0.358 e. The Labute approximate surface area is 143 Å². The Morgan fingerprint density at radius 2 is 2.17 bits per heavy atom. The van der Waals surface area contributed by atoms with Gasteiger partial charge in [0.25, 0.3) is 5.91 Å². The van der Waals surface area contributed by atoms with E-state index in [1.165, 1.54) is 18.9 Å². The van der Waals surface area contributed by atoms with Crippen molar-refractivity contribution in [2.45, 2.75) is 25.8 Å². The maximum atomic E-state index is 12.5. The quantitative estimate of drug-likeness (QED) is 0.896. The minimum Gasteiger partial charge on any atom is -0.476 e. The van der Waals surface area contributed by atoms with Gasteiger partial charge in [-0.2, -0.15) is 0 Å². The first-order valence-corrected chi connectivity index (χ1v) is 8.23. The van der Waals surface area contributed by atoms with E-state index in [0.29, 0.717) is 28.5 Å². The van der Waals surface area contributed by atoms with E-state index in [-0.39, 0.29) is 11.6 Å². The lowest BCUT2D eigenvalue weighted by Crippen LogP contribution is -2.25. The average molecular weight is 347 g/mol. The third-order valence-corrected chi connectivity index (χ3v) is 4.85. The first-order chi connectivity index (χ1) is 11.5. The second kappa shape index (κ2) is 5.63. The summed E-state index contributed by atoms with van der Waals surface area (Å²) in [4.78, 5) is 25.3. The van der Waals surface area contributed by atoms with E-state index in [4.69, 9.17) is 21.2 Å². The van der Waals surface area contributed by atoms with Gasteiger partial charge >= 0.3 is 5.97 Å². The molecule has 1 fully saturated rings. The Morgan fingerprint density at radius 3 is 2.83 bits per heavy atom. The van der Waals surface area contributed by atoms with Crippen molar-refractivity contribution in [2.24, 2.45) is 5.92 Å². The SMILES string of the molecule is O=C(O)c1cc(-c2cc(Cl)c3c(c2)CN(CCC2CC2)C3=O)on1. The number of carboxylic acids is 1. The van der Waals surface area contributed by atoms with Gasteiger partial charge in [0.15, 0.2) is 11.5 Å². The fraction of sp³-hybridized carbons (Fsp3) is 0.353. The number of rotatable bonds is 5. The van der Waals surface area contributed by atoms with Gasteiger partial charge in [-0.1, -0.05) is 29.6 Å². The van der Waals surface area contributed by atoms with Crippen LogP contribution in [0.1, 0.15) is 45.7 Å². The number of fused-ring (bicyclic) bond motifs is 1. The molecule has 0 atom stereocenters. The van der Waals surface area contributed by atoms with Gasteiger partial charge in [0.05, 0.1) is 10.6 Å². The standard InChI is InChI=1S/C17H15ClN2O4/c18-12-6-10(14-7-13(17(22)23)19-24-14)5-11-8-20(16(21)15(11)12)4-3-9-1-2-9/h5-7,9H,1-4,8H2,(H,22,23). The van der Waals surface area contributed by atoms with Gasteiger partial charge in [-0.15, -0.1) is 0 Å². The topological polar surface area (TPSA) is 83.6 Å². The molecule has 2 aliphatic rings. The number of amides is 1. The summed E-state index contributed by atoms with van der Waals surface area (Å²) < 4.78 is 5.08. The van der Waals surface area contributed by atoms with Crippen LogP contribution in [0.5, 0.6) is 0 Å². The fourth-order valence-electron chi connectivity index (χ4n) is 3.04. The number of carbonyl (C=O) groups is 2. The predicted octanol–water partition coefficient (Wildman–Crippen LogP) is 3.45. The molecule has 2 aromatic rings. The van der Waals surface area contributed by atoms with Crippen LogP contribution in [0.15, 0.2) is 22.7 Å². The van der Waals surface area contributed by atoms with Crippen LogP contribution < -0.4 is 0 Å². The van der Waals surface area contributed by atoms with E-state index in [9.17, 15) is 9.59 Å². The Morgan fingerprint density at radius 1 is 1.38 bits per heavy atom. The van der Waals surface area contributed by atoms with Crippen LogP contribution in [0.2, 0.25) is 5.02 Å². The van der Waals surface area contributed by atoms with Gasteiger partial charge in [-0.05, 0) is 30.0 Å². The van der Waals surface area contributed by atoms with E-state index >= 15 is 0 Å². The number of benzene rings is 1. The zero-order valence-corrected chi connectivity index (χ0v) is 13.5. The van der Waals surface area contributed by atoms with E-state index in [2.05, 4.69) is 5.16 Å². The maximum Gasteiger partial charge on any atom is 0.358 e.